The molecule has 2 heterocycles. The molecular weight excluding hydrogens is 298 g/mol. The van der Waals surface area contributed by atoms with Crippen LogP contribution in [-0.2, 0) is 4.74 Å². The summed E-state index contributed by atoms with van der Waals surface area (Å²) < 4.78 is 5.58. The van der Waals surface area contributed by atoms with Gasteiger partial charge in [0.2, 0.25) is 0 Å². The first kappa shape index (κ1) is 15.7. The van der Waals surface area contributed by atoms with Crippen LogP contribution in [0, 0.1) is 10.1 Å². The van der Waals surface area contributed by atoms with Gasteiger partial charge in [-0.25, -0.2) is 4.98 Å². The van der Waals surface area contributed by atoms with Crippen molar-refractivity contribution in [3.05, 3.63) is 33.1 Å². The lowest BCUT2D eigenvalue weighted by molar-refractivity contribution is -0.385. The number of aromatic nitrogens is 1. The largest absolute Gasteiger partial charge is 0.376 e. The van der Waals surface area contributed by atoms with Crippen molar-refractivity contribution < 1.29 is 14.5 Å². The van der Waals surface area contributed by atoms with Crippen LogP contribution >= 0.6 is 11.6 Å². The van der Waals surface area contributed by atoms with Gasteiger partial charge in [0.05, 0.1) is 16.6 Å². The Morgan fingerprint density at radius 3 is 3.00 bits per heavy atom. The van der Waals surface area contributed by atoms with Crippen molar-refractivity contribution in [2.45, 2.75) is 25.4 Å². The highest BCUT2D eigenvalue weighted by molar-refractivity contribution is 6.32. The SMILES string of the molecule is CN(CC1CCCCO1)C(=O)c1cc([N+](=O)[O-])cnc1Cl. The third-order valence-electron chi connectivity index (χ3n) is 3.36. The lowest BCUT2D eigenvalue weighted by atomic mass is 10.1. The Bertz CT molecular complexity index is 546. The van der Waals surface area contributed by atoms with Gasteiger partial charge in [-0.3, -0.25) is 14.9 Å². The molecule has 21 heavy (non-hydrogen) atoms. The topological polar surface area (TPSA) is 85.6 Å². The molecule has 1 aromatic rings. The minimum atomic E-state index is -0.607. The number of amides is 1. The summed E-state index contributed by atoms with van der Waals surface area (Å²) >= 11 is 5.87. The number of halogens is 1. The van der Waals surface area contributed by atoms with E-state index in [1.54, 1.807) is 7.05 Å². The summed E-state index contributed by atoms with van der Waals surface area (Å²) in [7, 11) is 1.62. The second-order valence-corrected chi connectivity index (χ2v) is 5.32. The molecule has 0 bridgehead atoms. The number of ether oxygens (including phenoxy) is 1. The zero-order valence-electron chi connectivity index (χ0n) is 11.6. The van der Waals surface area contributed by atoms with Crippen molar-refractivity contribution in [3.63, 3.8) is 0 Å². The van der Waals surface area contributed by atoms with Crippen molar-refractivity contribution in [3.8, 4) is 0 Å². The molecule has 8 heteroatoms. The molecule has 1 saturated heterocycles. The van der Waals surface area contributed by atoms with Gasteiger partial charge in [-0.1, -0.05) is 11.6 Å². The molecule has 114 valence electrons. The molecule has 1 aliphatic rings. The Balaban J connectivity index is 2.10. The fraction of sp³-hybridized carbons (Fsp3) is 0.538. The fourth-order valence-corrected chi connectivity index (χ4v) is 2.42. The lowest BCUT2D eigenvalue weighted by Crippen LogP contribution is -2.37. The van der Waals surface area contributed by atoms with Crippen LogP contribution in [0.4, 0.5) is 5.69 Å². The van der Waals surface area contributed by atoms with Crippen molar-refractivity contribution >= 4 is 23.2 Å². The average molecular weight is 314 g/mol. The quantitative estimate of drug-likeness (QED) is 0.483. The molecule has 0 aromatic carbocycles. The van der Waals surface area contributed by atoms with Crippen LogP contribution in [0.2, 0.25) is 5.15 Å². The predicted molar refractivity (Wildman–Crippen MR) is 76.5 cm³/mol. The van der Waals surface area contributed by atoms with Crippen LogP contribution in [0.3, 0.4) is 0 Å². The molecule has 0 aliphatic carbocycles. The highest BCUT2D eigenvalue weighted by Gasteiger charge is 2.23. The first-order chi connectivity index (χ1) is 9.99. The Hall–Kier alpha value is -1.73. The van der Waals surface area contributed by atoms with E-state index in [4.69, 9.17) is 16.3 Å². The van der Waals surface area contributed by atoms with Gasteiger partial charge in [0.15, 0.2) is 0 Å². The summed E-state index contributed by atoms with van der Waals surface area (Å²) in [5.74, 6) is -0.398. The summed E-state index contributed by atoms with van der Waals surface area (Å²) in [5.41, 5.74) is -0.228. The van der Waals surface area contributed by atoms with Crippen LogP contribution in [0.1, 0.15) is 29.6 Å². The number of carbonyl (C=O) groups excluding carboxylic acids is 1. The third kappa shape index (κ3) is 3.89. The van der Waals surface area contributed by atoms with Crippen molar-refractivity contribution in [1.82, 2.24) is 9.88 Å². The molecule has 0 N–H and O–H groups in total. The zero-order chi connectivity index (χ0) is 15.4. The molecular formula is C13H16ClN3O4. The summed E-state index contributed by atoms with van der Waals surface area (Å²) in [6, 6.07) is 1.15. The summed E-state index contributed by atoms with van der Waals surface area (Å²) in [6.07, 6.45) is 4.04. The first-order valence-electron chi connectivity index (χ1n) is 6.66. The zero-order valence-corrected chi connectivity index (χ0v) is 12.4. The second kappa shape index (κ2) is 6.82. The Morgan fingerprint density at radius 2 is 2.38 bits per heavy atom. The highest BCUT2D eigenvalue weighted by Crippen LogP contribution is 2.21. The number of hydrogen-bond donors (Lipinski definition) is 0. The van der Waals surface area contributed by atoms with E-state index < -0.39 is 10.8 Å². The van der Waals surface area contributed by atoms with Gasteiger partial charge < -0.3 is 9.64 Å². The normalized spacial score (nSPS) is 18.3. The van der Waals surface area contributed by atoms with E-state index in [9.17, 15) is 14.9 Å². The van der Waals surface area contributed by atoms with E-state index in [-0.39, 0.29) is 22.5 Å². The van der Waals surface area contributed by atoms with Crippen LogP contribution < -0.4 is 0 Å². The number of nitrogens with zero attached hydrogens (tertiary/aromatic N) is 3. The molecule has 7 nitrogen and oxygen atoms in total. The summed E-state index contributed by atoms with van der Waals surface area (Å²) in [5, 5.41) is 10.7. The standard InChI is InChI=1S/C13H16ClN3O4/c1-16(8-10-4-2-3-5-21-10)13(18)11-6-9(17(19)20)7-15-12(11)14/h6-7,10H,2-5,8H2,1H3. The number of carbonyl (C=O) groups is 1. The molecule has 1 fully saturated rings. The van der Waals surface area contributed by atoms with E-state index in [0.717, 1.165) is 31.5 Å². The van der Waals surface area contributed by atoms with E-state index >= 15 is 0 Å². The monoisotopic (exact) mass is 313 g/mol. The predicted octanol–water partition coefficient (Wildman–Crippen LogP) is 2.28. The molecule has 1 atom stereocenters. The number of rotatable bonds is 4. The van der Waals surface area contributed by atoms with Gasteiger partial charge in [0.1, 0.15) is 11.3 Å². The molecule has 0 radical (unpaired) electrons. The van der Waals surface area contributed by atoms with Crippen LogP contribution in [-0.4, -0.2) is 47.0 Å². The lowest BCUT2D eigenvalue weighted by Gasteiger charge is -2.27. The third-order valence-corrected chi connectivity index (χ3v) is 3.67. The molecule has 1 unspecified atom stereocenters. The molecule has 1 aromatic heterocycles. The van der Waals surface area contributed by atoms with Crippen molar-refractivity contribution in [2.24, 2.45) is 0 Å². The van der Waals surface area contributed by atoms with Crippen LogP contribution in [0.25, 0.3) is 0 Å². The first-order valence-corrected chi connectivity index (χ1v) is 7.04. The van der Waals surface area contributed by atoms with Crippen molar-refractivity contribution in [1.29, 1.82) is 0 Å². The van der Waals surface area contributed by atoms with Gasteiger partial charge in [0, 0.05) is 26.3 Å². The smallest absolute Gasteiger partial charge is 0.288 e. The van der Waals surface area contributed by atoms with Gasteiger partial charge in [0.25, 0.3) is 11.6 Å². The van der Waals surface area contributed by atoms with E-state index in [1.807, 2.05) is 0 Å². The molecule has 0 spiro atoms. The summed E-state index contributed by atoms with van der Waals surface area (Å²) in [6.45, 7) is 1.13. The Kier molecular flexibility index (Phi) is 5.08. The van der Waals surface area contributed by atoms with E-state index in [1.165, 1.54) is 4.90 Å². The number of hydrogen-bond acceptors (Lipinski definition) is 5. The molecule has 2 rings (SSSR count). The van der Waals surface area contributed by atoms with Crippen LogP contribution in [0.15, 0.2) is 12.3 Å². The maximum Gasteiger partial charge on any atom is 0.288 e. The second-order valence-electron chi connectivity index (χ2n) is 4.96. The van der Waals surface area contributed by atoms with Gasteiger partial charge in [-0.2, -0.15) is 0 Å². The summed E-state index contributed by atoms with van der Waals surface area (Å²) in [4.78, 5) is 27.6. The van der Waals surface area contributed by atoms with E-state index in [0.29, 0.717) is 13.2 Å². The molecule has 1 aliphatic heterocycles. The van der Waals surface area contributed by atoms with Gasteiger partial charge in [-0.05, 0) is 19.3 Å². The molecule has 1 amide bonds. The average Bonchev–Trinajstić information content (AvgIpc) is 2.47. The Labute approximate surface area is 127 Å². The van der Waals surface area contributed by atoms with E-state index in [2.05, 4.69) is 4.98 Å². The number of likely N-dealkylation sites (N-methyl/N-ethyl adjacent to an activating group) is 1. The highest BCUT2D eigenvalue weighted by atomic mass is 35.5. The molecule has 0 saturated carbocycles. The minimum absolute atomic E-state index is 0.00173. The van der Waals surface area contributed by atoms with Gasteiger partial charge >= 0.3 is 0 Å². The van der Waals surface area contributed by atoms with Crippen molar-refractivity contribution in [2.75, 3.05) is 20.2 Å². The van der Waals surface area contributed by atoms with Crippen LogP contribution in [0.5, 0.6) is 0 Å². The van der Waals surface area contributed by atoms with Gasteiger partial charge in [-0.15, -0.1) is 0 Å². The minimum Gasteiger partial charge on any atom is -0.376 e. The maximum absolute atomic E-state index is 12.3. The fourth-order valence-electron chi connectivity index (χ4n) is 2.23. The number of nitro groups is 1. The number of pyridine rings is 1. The Morgan fingerprint density at radius 1 is 1.62 bits per heavy atom. The maximum atomic E-state index is 12.3.